The van der Waals surface area contributed by atoms with Crippen LogP contribution in [0.15, 0.2) is 12.2 Å². The van der Waals surface area contributed by atoms with E-state index in [-0.39, 0.29) is 51.4 Å². The van der Waals surface area contributed by atoms with Crippen molar-refractivity contribution in [3.8, 4) is 0 Å². The number of hydrogen-bond donors (Lipinski definition) is 8. The van der Waals surface area contributed by atoms with Crippen LogP contribution in [0.5, 0.6) is 0 Å². The molecule has 3 aliphatic heterocycles. The number of aliphatic hydroxyl groups excluding tert-OH is 8. The van der Waals surface area contributed by atoms with Gasteiger partial charge in [0.15, 0.2) is 12.6 Å². The van der Waals surface area contributed by atoms with E-state index in [0.29, 0.717) is 19.4 Å². The summed E-state index contributed by atoms with van der Waals surface area (Å²) in [5.74, 6) is 0.401. The molecule has 13 nitrogen and oxygen atoms in total. The van der Waals surface area contributed by atoms with Crippen molar-refractivity contribution in [3.05, 3.63) is 12.2 Å². The lowest BCUT2D eigenvalue weighted by Crippen LogP contribution is -2.72. The fourth-order valence-corrected chi connectivity index (χ4v) is 14.3. The summed E-state index contributed by atoms with van der Waals surface area (Å²) in [5.41, 5.74) is -2.00. The van der Waals surface area contributed by atoms with E-state index in [2.05, 4.69) is 46.8 Å². The smallest absolute Gasteiger partial charge is 0.187 e. The van der Waals surface area contributed by atoms with Gasteiger partial charge in [-0.15, -0.1) is 0 Å². The molecule has 3 heterocycles. The van der Waals surface area contributed by atoms with Gasteiger partial charge in [-0.1, -0.05) is 53.7 Å². The molecule has 5 aliphatic carbocycles. The summed E-state index contributed by atoms with van der Waals surface area (Å²) in [6.45, 7) is 15.2. The van der Waals surface area contributed by atoms with Crippen LogP contribution >= 0.6 is 0 Å². The van der Waals surface area contributed by atoms with E-state index in [1.165, 1.54) is 6.92 Å². The second kappa shape index (κ2) is 13.4. The minimum Gasteiger partial charge on any atom is -0.396 e. The maximum atomic E-state index is 12.1. The number of allylic oxidation sites excluding steroid dienone is 1. The molecule has 13 heteroatoms. The summed E-state index contributed by atoms with van der Waals surface area (Å²) in [5, 5.41) is 87.5. The highest BCUT2D eigenvalue weighted by Crippen LogP contribution is 2.79. The van der Waals surface area contributed by atoms with E-state index < -0.39 is 91.2 Å². The summed E-state index contributed by atoms with van der Waals surface area (Å²) in [6, 6.07) is 0. The van der Waals surface area contributed by atoms with Gasteiger partial charge in [-0.25, -0.2) is 0 Å². The largest absolute Gasteiger partial charge is 0.396 e. The molecular formula is C42H68O13. The van der Waals surface area contributed by atoms with E-state index in [0.717, 1.165) is 38.5 Å². The van der Waals surface area contributed by atoms with Gasteiger partial charge >= 0.3 is 0 Å². The SMILES string of the molecule is CC1OC(OC2C(O)C(CO)OC(OC3CCC4(C)C5C=CC67OCC8(CCC(C)(C)CC86)C(O)CC7(C)C5(C)CCC4[C@]3(C)CO)C2O)C(O)C(O)C1O. The molecule has 8 aliphatic rings. The Kier molecular flexibility index (Phi) is 9.95. The average Bonchev–Trinajstić information content (AvgIpc) is 3.41. The van der Waals surface area contributed by atoms with Crippen LogP contribution in [0.2, 0.25) is 0 Å². The number of ether oxygens (including phenoxy) is 5. The van der Waals surface area contributed by atoms with E-state index in [4.69, 9.17) is 23.7 Å². The zero-order valence-electron chi connectivity index (χ0n) is 33.7. The van der Waals surface area contributed by atoms with Crippen LogP contribution in [0.4, 0.5) is 0 Å². The third-order valence-corrected chi connectivity index (χ3v) is 17.9. The Labute approximate surface area is 325 Å². The van der Waals surface area contributed by atoms with Crippen LogP contribution in [0.3, 0.4) is 0 Å². The van der Waals surface area contributed by atoms with Crippen molar-refractivity contribution < 1.29 is 64.5 Å². The highest BCUT2D eigenvalue weighted by molar-refractivity contribution is 5.36. The molecule has 0 aromatic carbocycles. The van der Waals surface area contributed by atoms with Gasteiger partial charge in [-0.05, 0) is 86.4 Å². The van der Waals surface area contributed by atoms with Crippen molar-refractivity contribution in [2.75, 3.05) is 19.8 Å². The van der Waals surface area contributed by atoms with Crippen LogP contribution in [0, 0.1) is 50.2 Å². The van der Waals surface area contributed by atoms with Crippen molar-refractivity contribution in [1.82, 2.24) is 0 Å². The standard InChI is InChI=1S/C42H68O13/c1-21-28(46)30(48)31(49)34(52-21)55-33-29(47)22(18-43)53-35(32(33)50)54-27-10-11-37(4)23(38(27,5)19-44)8-12-39(6)24(37)9-13-42-25-16-36(2,3)14-15-41(25,20-51-42)26(45)17-40(39,42)7/h9,13,21-35,43-50H,8,10-12,14-20H2,1-7H3/t21?,22?,23?,24?,25?,26?,27?,28?,29?,30?,31?,32?,33?,34?,35?,37?,38-,39?,40?,41?,42?/m0/s1. The van der Waals surface area contributed by atoms with Crippen molar-refractivity contribution in [2.45, 2.75) is 179 Å². The predicted molar refractivity (Wildman–Crippen MR) is 197 cm³/mol. The molecular weight excluding hydrogens is 712 g/mol. The normalized spacial score (nSPS) is 59.7. The lowest BCUT2D eigenvalue weighted by atomic mass is 9.32. The van der Waals surface area contributed by atoms with Crippen LogP contribution in [-0.2, 0) is 23.7 Å². The number of aliphatic hydroxyl groups is 8. The minimum absolute atomic E-state index is 0.0158. The number of fused-ring (bicyclic) bond motifs is 4. The van der Waals surface area contributed by atoms with Gasteiger partial charge in [0.1, 0.15) is 42.7 Å². The maximum Gasteiger partial charge on any atom is 0.187 e. The first-order chi connectivity index (χ1) is 25.7. The summed E-state index contributed by atoms with van der Waals surface area (Å²) in [7, 11) is 0. The van der Waals surface area contributed by atoms with Crippen LogP contribution in [-0.4, -0.2) is 140 Å². The minimum atomic E-state index is -1.67. The second-order valence-corrected chi connectivity index (χ2v) is 21.0. The first kappa shape index (κ1) is 41.0. The summed E-state index contributed by atoms with van der Waals surface area (Å²) in [6.07, 6.45) is -3.55. The van der Waals surface area contributed by atoms with Gasteiger partial charge < -0.3 is 64.5 Å². The van der Waals surface area contributed by atoms with E-state index in [9.17, 15) is 40.9 Å². The Hall–Kier alpha value is -0.780. The molecule has 0 aromatic heterocycles. The molecule has 0 amide bonds. The molecule has 4 saturated carbocycles. The molecule has 0 radical (unpaired) electrons. The zero-order chi connectivity index (χ0) is 39.9. The fraction of sp³-hybridized carbons (Fsp3) is 0.952. The molecule has 314 valence electrons. The molecule has 2 bridgehead atoms. The van der Waals surface area contributed by atoms with E-state index >= 15 is 0 Å². The number of hydrogen-bond acceptors (Lipinski definition) is 13. The lowest BCUT2D eigenvalue weighted by molar-refractivity contribution is -0.368. The Bertz CT molecular complexity index is 1490. The fourth-order valence-electron chi connectivity index (χ4n) is 14.3. The van der Waals surface area contributed by atoms with Crippen molar-refractivity contribution in [1.29, 1.82) is 0 Å². The third kappa shape index (κ3) is 5.44. The summed E-state index contributed by atoms with van der Waals surface area (Å²) < 4.78 is 31.2. The Balaban J connectivity index is 1.06. The van der Waals surface area contributed by atoms with E-state index in [1.807, 2.05) is 6.92 Å². The summed E-state index contributed by atoms with van der Waals surface area (Å²) >= 11 is 0. The zero-order valence-corrected chi connectivity index (χ0v) is 33.7. The quantitative estimate of drug-likeness (QED) is 0.143. The Morgan fingerprint density at radius 1 is 0.727 bits per heavy atom. The van der Waals surface area contributed by atoms with Crippen molar-refractivity contribution >= 4 is 0 Å². The van der Waals surface area contributed by atoms with Crippen molar-refractivity contribution in [3.63, 3.8) is 0 Å². The molecule has 3 saturated heterocycles. The van der Waals surface area contributed by atoms with Gasteiger partial charge in [0, 0.05) is 22.2 Å². The first-order valence-electron chi connectivity index (χ1n) is 20.9. The van der Waals surface area contributed by atoms with Gasteiger partial charge in [0.05, 0.1) is 43.7 Å². The summed E-state index contributed by atoms with van der Waals surface area (Å²) in [4.78, 5) is 0. The monoisotopic (exact) mass is 780 g/mol. The van der Waals surface area contributed by atoms with Crippen LogP contribution < -0.4 is 0 Å². The highest BCUT2D eigenvalue weighted by Gasteiger charge is 2.79. The molecule has 21 atom stereocenters. The van der Waals surface area contributed by atoms with Gasteiger partial charge in [0.2, 0.25) is 0 Å². The van der Waals surface area contributed by atoms with Gasteiger partial charge in [0.25, 0.3) is 0 Å². The second-order valence-electron chi connectivity index (χ2n) is 21.0. The Morgan fingerprint density at radius 3 is 2.13 bits per heavy atom. The van der Waals surface area contributed by atoms with E-state index in [1.54, 1.807) is 0 Å². The molecule has 8 N–H and O–H groups in total. The topological polar surface area (TPSA) is 208 Å². The number of rotatable bonds is 6. The maximum absolute atomic E-state index is 12.1. The molecule has 8 rings (SSSR count). The van der Waals surface area contributed by atoms with Crippen LogP contribution in [0.1, 0.15) is 99.8 Å². The molecule has 7 fully saturated rings. The molecule has 1 spiro atoms. The lowest BCUT2D eigenvalue weighted by Gasteiger charge is -2.73. The third-order valence-electron chi connectivity index (χ3n) is 17.9. The Morgan fingerprint density at radius 2 is 1.44 bits per heavy atom. The van der Waals surface area contributed by atoms with Crippen molar-refractivity contribution in [2.24, 2.45) is 50.2 Å². The molecule has 55 heavy (non-hydrogen) atoms. The van der Waals surface area contributed by atoms with Crippen LogP contribution in [0.25, 0.3) is 0 Å². The molecule has 20 unspecified atom stereocenters. The highest BCUT2D eigenvalue weighted by atomic mass is 16.7. The first-order valence-corrected chi connectivity index (χ1v) is 20.9. The molecule has 0 aromatic rings. The van der Waals surface area contributed by atoms with Gasteiger partial charge in [-0.3, -0.25) is 0 Å². The average molecular weight is 781 g/mol. The van der Waals surface area contributed by atoms with Gasteiger partial charge in [-0.2, -0.15) is 0 Å². The predicted octanol–water partition coefficient (Wildman–Crippen LogP) is 1.78.